The molecule has 2 aromatic carbocycles. The summed E-state index contributed by atoms with van der Waals surface area (Å²) in [6.45, 7) is 3.63. The Morgan fingerprint density at radius 3 is 2.23 bits per heavy atom. The number of nitrogens with zero attached hydrogens (tertiary/aromatic N) is 2. The summed E-state index contributed by atoms with van der Waals surface area (Å²) in [5.74, 6) is -0.964. The first-order valence-corrected chi connectivity index (χ1v) is 16.9. The van der Waals surface area contributed by atoms with Gasteiger partial charge in [-0.2, -0.15) is 4.72 Å². The molecule has 2 fully saturated rings. The van der Waals surface area contributed by atoms with Crippen LogP contribution in [0.5, 0.6) is 0 Å². The molecule has 10 nitrogen and oxygen atoms in total. The first-order chi connectivity index (χ1) is 20.4. The predicted octanol–water partition coefficient (Wildman–Crippen LogP) is 3.50. The van der Waals surface area contributed by atoms with Gasteiger partial charge in [0.2, 0.25) is 21.8 Å². The summed E-state index contributed by atoms with van der Waals surface area (Å²) < 4.78 is 29.1. The molecule has 0 radical (unpaired) electrons. The molecule has 230 valence electrons. The lowest BCUT2D eigenvalue weighted by Crippen LogP contribution is -2.59. The van der Waals surface area contributed by atoms with Gasteiger partial charge in [0.05, 0.1) is 28.6 Å². The fourth-order valence-electron chi connectivity index (χ4n) is 5.73. The predicted molar refractivity (Wildman–Crippen MR) is 166 cm³/mol. The molecule has 2 bridgehead atoms. The van der Waals surface area contributed by atoms with Crippen LogP contribution in [0.1, 0.15) is 36.4 Å². The number of hydrogen-bond acceptors (Lipinski definition) is 7. The zero-order valence-corrected chi connectivity index (χ0v) is 26.6. The van der Waals surface area contributed by atoms with Gasteiger partial charge in [0.1, 0.15) is 17.0 Å². The minimum Gasteiger partial charge on any atom is -0.394 e. The lowest BCUT2D eigenvalue weighted by atomic mass is 10.0. The Kier molecular flexibility index (Phi) is 9.36. The number of thiophene rings is 1. The number of piperazine rings is 1. The monoisotopic (exact) mass is 666 g/mol. The Hall–Kier alpha value is -2.74. The average molecular weight is 668 g/mol. The molecule has 0 aliphatic carbocycles. The first kappa shape index (κ1) is 31.7. The van der Waals surface area contributed by atoms with Crippen LogP contribution < -0.4 is 10.0 Å². The van der Waals surface area contributed by atoms with Crippen LogP contribution in [0.4, 0.5) is 0 Å². The van der Waals surface area contributed by atoms with Gasteiger partial charge in [-0.1, -0.05) is 55.2 Å². The van der Waals surface area contributed by atoms with Crippen molar-refractivity contribution in [3.05, 3.63) is 63.5 Å². The van der Waals surface area contributed by atoms with Crippen LogP contribution in [0.25, 0.3) is 10.1 Å². The number of hydrogen-bond donors (Lipinski definition) is 3. The summed E-state index contributed by atoms with van der Waals surface area (Å²) in [4.78, 5) is 43.8. The third-order valence-electron chi connectivity index (χ3n) is 7.73. The minimum atomic E-state index is -4.25. The lowest BCUT2D eigenvalue weighted by Gasteiger charge is -2.37. The van der Waals surface area contributed by atoms with Crippen molar-refractivity contribution in [3.8, 4) is 0 Å². The van der Waals surface area contributed by atoms with Crippen molar-refractivity contribution in [1.82, 2.24) is 19.8 Å². The van der Waals surface area contributed by atoms with E-state index in [4.69, 9.17) is 23.2 Å². The van der Waals surface area contributed by atoms with E-state index in [0.29, 0.717) is 17.7 Å². The zero-order chi connectivity index (χ0) is 31.1. The highest BCUT2D eigenvalue weighted by Crippen LogP contribution is 2.33. The molecule has 3 aromatic rings. The molecule has 43 heavy (non-hydrogen) atoms. The summed E-state index contributed by atoms with van der Waals surface area (Å²) in [5.41, 5.74) is 0. The van der Waals surface area contributed by atoms with Crippen LogP contribution in [-0.4, -0.2) is 84.9 Å². The maximum absolute atomic E-state index is 13.7. The Morgan fingerprint density at radius 2 is 1.65 bits per heavy atom. The van der Waals surface area contributed by atoms with E-state index < -0.39 is 34.6 Å². The molecule has 2 saturated heterocycles. The van der Waals surface area contributed by atoms with Crippen molar-refractivity contribution in [3.63, 3.8) is 0 Å². The van der Waals surface area contributed by atoms with Gasteiger partial charge in [0.25, 0.3) is 5.91 Å². The van der Waals surface area contributed by atoms with Gasteiger partial charge in [0, 0.05) is 22.8 Å². The summed E-state index contributed by atoms with van der Waals surface area (Å²) in [5, 5.41) is 14.0. The summed E-state index contributed by atoms with van der Waals surface area (Å²) in [7, 11) is -4.25. The van der Waals surface area contributed by atoms with E-state index in [-0.39, 0.29) is 57.8 Å². The smallest absolute Gasteiger partial charge is 0.262 e. The maximum atomic E-state index is 13.7. The first-order valence-electron chi connectivity index (χ1n) is 13.9. The molecule has 3 amide bonds. The van der Waals surface area contributed by atoms with E-state index in [1.807, 2.05) is 44.2 Å². The number of likely N-dealkylation sites (tertiary alicyclic amines) is 2. The number of nitrogens with one attached hydrogen (secondary N) is 2. The molecular weight excluding hydrogens is 635 g/mol. The van der Waals surface area contributed by atoms with Crippen molar-refractivity contribution in [1.29, 1.82) is 0 Å². The standard InChI is InChI=1S/C29H32Cl2N4O6S2/c1-16(2)9-22(32-27(37)25-10-17-5-3-4-6-24(17)42-25)28(38)34-13-20-12-19(34)14-35(20)29(39)23(15-36)33-43(40,41)26-8-7-18(30)11-21(26)31/h3-8,10-11,16,19-20,22-23,33,36H,9,12-15H2,1-2H3,(H,32,37)/t19-,20-,22+,23+/m1/s1. The highest BCUT2D eigenvalue weighted by atomic mass is 35.5. The summed E-state index contributed by atoms with van der Waals surface area (Å²) in [6, 6.07) is 10.6. The van der Waals surface area contributed by atoms with Crippen LogP contribution in [0.3, 0.4) is 0 Å². The zero-order valence-electron chi connectivity index (χ0n) is 23.5. The third kappa shape index (κ3) is 6.69. The normalized spacial score (nSPS) is 19.7. The number of amides is 3. The minimum absolute atomic E-state index is 0.117. The molecule has 3 N–H and O–H groups in total. The van der Waals surface area contributed by atoms with Crippen molar-refractivity contribution < 1.29 is 27.9 Å². The number of halogens is 2. The molecule has 14 heteroatoms. The second-order valence-electron chi connectivity index (χ2n) is 11.3. The quantitative estimate of drug-likeness (QED) is 0.303. The molecule has 0 spiro atoms. The van der Waals surface area contributed by atoms with Crippen LogP contribution in [-0.2, 0) is 19.6 Å². The number of carbonyl (C=O) groups excluding carboxylic acids is 3. The van der Waals surface area contributed by atoms with E-state index >= 15 is 0 Å². The van der Waals surface area contributed by atoms with Crippen molar-refractivity contribution >= 4 is 72.4 Å². The average Bonchev–Trinajstić information content (AvgIpc) is 3.69. The Bertz CT molecular complexity index is 1630. The maximum Gasteiger partial charge on any atom is 0.262 e. The van der Waals surface area contributed by atoms with Crippen LogP contribution in [0.15, 0.2) is 53.4 Å². The molecule has 4 atom stereocenters. The fourth-order valence-corrected chi connectivity index (χ4v) is 8.65. The van der Waals surface area contributed by atoms with Gasteiger partial charge in [-0.3, -0.25) is 14.4 Å². The molecule has 1 aromatic heterocycles. The van der Waals surface area contributed by atoms with Gasteiger partial charge in [-0.15, -0.1) is 11.3 Å². The van der Waals surface area contributed by atoms with E-state index in [0.717, 1.165) is 10.1 Å². The van der Waals surface area contributed by atoms with Gasteiger partial charge in [-0.05, 0) is 54.5 Å². The summed E-state index contributed by atoms with van der Waals surface area (Å²) >= 11 is 13.3. The van der Waals surface area contributed by atoms with Crippen molar-refractivity contribution in [2.24, 2.45) is 5.92 Å². The van der Waals surface area contributed by atoms with E-state index in [1.165, 1.54) is 34.4 Å². The lowest BCUT2D eigenvalue weighted by molar-refractivity contribution is -0.142. The van der Waals surface area contributed by atoms with Gasteiger partial charge >= 0.3 is 0 Å². The number of benzene rings is 2. The summed E-state index contributed by atoms with van der Waals surface area (Å²) in [6.07, 6.45) is 0.970. The van der Waals surface area contributed by atoms with Crippen molar-refractivity contribution in [2.45, 2.75) is 55.8 Å². The number of carbonyl (C=O) groups is 3. The molecule has 2 aliphatic rings. The molecule has 5 rings (SSSR count). The topological polar surface area (TPSA) is 136 Å². The third-order valence-corrected chi connectivity index (χ3v) is 11.0. The number of fused-ring (bicyclic) bond motifs is 3. The van der Waals surface area contributed by atoms with Gasteiger partial charge in [0.15, 0.2) is 0 Å². The van der Waals surface area contributed by atoms with E-state index in [1.54, 1.807) is 4.90 Å². The number of sulfonamides is 1. The Morgan fingerprint density at radius 1 is 1.00 bits per heavy atom. The SMILES string of the molecule is CC(C)C[C@H](NC(=O)c1cc2ccccc2s1)C(=O)N1C[C@H]2C[C@@H]1CN2C(=O)[C@H](CO)NS(=O)(=O)c1ccc(Cl)cc1Cl. The molecule has 2 aliphatic heterocycles. The van der Waals surface area contributed by atoms with Crippen LogP contribution in [0.2, 0.25) is 10.0 Å². The van der Waals surface area contributed by atoms with Crippen LogP contribution in [0, 0.1) is 5.92 Å². The largest absolute Gasteiger partial charge is 0.394 e. The Labute approximate surface area is 264 Å². The second-order valence-corrected chi connectivity index (χ2v) is 14.9. The molecule has 3 heterocycles. The molecule has 0 unspecified atom stereocenters. The number of aliphatic hydroxyl groups is 1. The highest BCUT2D eigenvalue weighted by molar-refractivity contribution is 7.89. The van der Waals surface area contributed by atoms with E-state index in [9.17, 15) is 27.9 Å². The van der Waals surface area contributed by atoms with E-state index in [2.05, 4.69) is 10.0 Å². The van der Waals surface area contributed by atoms with Crippen molar-refractivity contribution in [2.75, 3.05) is 19.7 Å². The number of rotatable bonds is 10. The van der Waals surface area contributed by atoms with Crippen LogP contribution >= 0.6 is 34.5 Å². The highest BCUT2D eigenvalue weighted by Gasteiger charge is 2.49. The van der Waals surface area contributed by atoms with Gasteiger partial charge in [-0.25, -0.2) is 8.42 Å². The Balaban J connectivity index is 1.25. The molecule has 0 saturated carbocycles. The molecular formula is C29H32Cl2N4O6S2. The number of aliphatic hydroxyl groups excluding tert-OH is 1. The van der Waals surface area contributed by atoms with Gasteiger partial charge < -0.3 is 20.2 Å². The second kappa shape index (κ2) is 12.7. The fraction of sp³-hybridized carbons (Fsp3) is 0.414.